The maximum atomic E-state index is 12.3. The second kappa shape index (κ2) is 7.40. The number of amides is 1. The van der Waals surface area contributed by atoms with Crippen molar-refractivity contribution in [3.8, 4) is 0 Å². The SMILES string of the molecule is COC1(CC(=O)NC(CCC(=O)O)c2ccccc2)CCC1. The van der Waals surface area contributed by atoms with E-state index in [1.807, 2.05) is 30.3 Å². The van der Waals surface area contributed by atoms with E-state index in [1.54, 1.807) is 7.11 Å². The second-order valence-electron chi connectivity index (χ2n) is 5.88. The fourth-order valence-corrected chi connectivity index (χ4v) is 2.84. The lowest BCUT2D eigenvalue weighted by molar-refractivity contribution is -0.138. The number of methoxy groups -OCH3 is 1. The van der Waals surface area contributed by atoms with Crippen LogP contribution in [0.4, 0.5) is 0 Å². The standard InChI is InChI=1S/C17H23NO4/c1-22-17(10-5-11-17)12-15(19)18-14(8-9-16(20)21)13-6-3-2-4-7-13/h2-4,6-7,14H,5,8-12H2,1H3,(H,18,19)(H,20,21). The van der Waals surface area contributed by atoms with E-state index < -0.39 is 5.97 Å². The van der Waals surface area contributed by atoms with Crippen LogP contribution in [0.2, 0.25) is 0 Å². The van der Waals surface area contributed by atoms with Gasteiger partial charge in [0.1, 0.15) is 0 Å². The highest BCUT2D eigenvalue weighted by Crippen LogP contribution is 2.38. The summed E-state index contributed by atoms with van der Waals surface area (Å²) in [6.07, 6.45) is 3.63. The van der Waals surface area contributed by atoms with Gasteiger partial charge in [0, 0.05) is 13.5 Å². The van der Waals surface area contributed by atoms with E-state index in [0.29, 0.717) is 12.8 Å². The Labute approximate surface area is 130 Å². The van der Waals surface area contributed by atoms with E-state index in [9.17, 15) is 9.59 Å². The van der Waals surface area contributed by atoms with E-state index in [4.69, 9.17) is 9.84 Å². The quantitative estimate of drug-likeness (QED) is 0.774. The van der Waals surface area contributed by atoms with Gasteiger partial charge in [0.15, 0.2) is 0 Å². The van der Waals surface area contributed by atoms with Gasteiger partial charge in [0.05, 0.1) is 18.1 Å². The maximum Gasteiger partial charge on any atom is 0.303 e. The summed E-state index contributed by atoms with van der Waals surface area (Å²) in [7, 11) is 1.64. The first-order valence-corrected chi connectivity index (χ1v) is 7.66. The summed E-state index contributed by atoms with van der Waals surface area (Å²) in [5.41, 5.74) is 0.607. The number of carboxylic acid groups (broad SMARTS) is 1. The molecule has 0 saturated heterocycles. The van der Waals surface area contributed by atoms with Crippen LogP contribution in [0, 0.1) is 0 Å². The summed E-state index contributed by atoms with van der Waals surface area (Å²) in [5, 5.41) is 11.8. The molecule has 0 bridgehead atoms. The Hall–Kier alpha value is -1.88. The van der Waals surface area contributed by atoms with Gasteiger partial charge in [-0.1, -0.05) is 30.3 Å². The lowest BCUT2D eigenvalue weighted by atomic mass is 9.77. The summed E-state index contributed by atoms with van der Waals surface area (Å²) in [5.74, 6) is -0.941. The molecule has 1 saturated carbocycles. The fraction of sp³-hybridized carbons (Fsp3) is 0.529. The minimum atomic E-state index is -0.859. The van der Waals surface area contributed by atoms with Gasteiger partial charge >= 0.3 is 5.97 Å². The number of nitrogens with one attached hydrogen (secondary N) is 1. The molecule has 0 aromatic heterocycles. The zero-order valence-electron chi connectivity index (χ0n) is 12.9. The smallest absolute Gasteiger partial charge is 0.303 e. The van der Waals surface area contributed by atoms with Gasteiger partial charge in [0.25, 0.3) is 0 Å². The van der Waals surface area contributed by atoms with Crippen LogP contribution in [0.25, 0.3) is 0 Å². The number of benzene rings is 1. The van der Waals surface area contributed by atoms with Crippen molar-refractivity contribution in [2.75, 3.05) is 7.11 Å². The zero-order valence-corrected chi connectivity index (χ0v) is 12.9. The normalized spacial score (nSPS) is 17.3. The number of aliphatic carboxylic acids is 1. The molecule has 22 heavy (non-hydrogen) atoms. The molecule has 1 aliphatic rings. The molecule has 1 fully saturated rings. The van der Waals surface area contributed by atoms with Gasteiger partial charge in [-0.3, -0.25) is 9.59 Å². The molecule has 0 aliphatic heterocycles. The highest BCUT2D eigenvalue weighted by atomic mass is 16.5. The van der Waals surface area contributed by atoms with Gasteiger partial charge in [-0.25, -0.2) is 0 Å². The molecule has 1 aromatic carbocycles. The van der Waals surface area contributed by atoms with E-state index in [0.717, 1.165) is 24.8 Å². The second-order valence-corrected chi connectivity index (χ2v) is 5.88. The minimum Gasteiger partial charge on any atom is -0.481 e. The molecule has 5 heteroatoms. The first-order chi connectivity index (χ1) is 10.5. The Balaban J connectivity index is 1.99. The molecule has 0 radical (unpaired) electrons. The topological polar surface area (TPSA) is 75.6 Å². The molecule has 1 atom stereocenters. The third kappa shape index (κ3) is 4.31. The highest BCUT2D eigenvalue weighted by molar-refractivity contribution is 5.78. The third-order valence-electron chi connectivity index (χ3n) is 4.36. The summed E-state index contributed by atoms with van der Waals surface area (Å²) in [6, 6.07) is 9.20. The number of rotatable bonds is 8. The van der Waals surface area contributed by atoms with E-state index >= 15 is 0 Å². The number of ether oxygens (including phenoxy) is 1. The van der Waals surface area contributed by atoms with Crippen molar-refractivity contribution in [2.24, 2.45) is 0 Å². The summed E-state index contributed by atoms with van der Waals surface area (Å²) in [6.45, 7) is 0. The molecule has 2 rings (SSSR count). The highest BCUT2D eigenvalue weighted by Gasteiger charge is 2.39. The monoisotopic (exact) mass is 305 g/mol. The van der Waals surface area contributed by atoms with Crippen molar-refractivity contribution in [2.45, 2.75) is 50.2 Å². The zero-order chi connectivity index (χ0) is 16.0. The van der Waals surface area contributed by atoms with Gasteiger partial charge in [-0.05, 0) is 31.2 Å². The third-order valence-corrected chi connectivity index (χ3v) is 4.36. The number of hydrogen-bond donors (Lipinski definition) is 2. The lowest BCUT2D eigenvalue weighted by Crippen LogP contribution is -2.44. The first kappa shape index (κ1) is 16.5. The Kier molecular flexibility index (Phi) is 5.55. The van der Waals surface area contributed by atoms with Crippen molar-refractivity contribution < 1.29 is 19.4 Å². The Morgan fingerprint density at radius 2 is 2.00 bits per heavy atom. The van der Waals surface area contributed by atoms with Crippen molar-refractivity contribution in [1.29, 1.82) is 0 Å². The predicted octanol–water partition coefficient (Wildman–Crippen LogP) is 2.67. The average Bonchev–Trinajstić information content (AvgIpc) is 2.48. The van der Waals surface area contributed by atoms with Crippen LogP contribution in [-0.2, 0) is 14.3 Å². The van der Waals surface area contributed by atoms with Crippen molar-refractivity contribution in [1.82, 2.24) is 5.32 Å². The van der Waals surface area contributed by atoms with E-state index in [2.05, 4.69) is 5.32 Å². The summed E-state index contributed by atoms with van der Waals surface area (Å²) >= 11 is 0. The summed E-state index contributed by atoms with van der Waals surface area (Å²) in [4.78, 5) is 23.1. The molecule has 1 aliphatic carbocycles. The van der Waals surface area contributed by atoms with Gasteiger partial charge in [-0.2, -0.15) is 0 Å². The van der Waals surface area contributed by atoms with Crippen molar-refractivity contribution in [3.63, 3.8) is 0 Å². The summed E-state index contributed by atoms with van der Waals surface area (Å²) < 4.78 is 5.47. The van der Waals surface area contributed by atoms with Crippen LogP contribution < -0.4 is 5.32 Å². The lowest BCUT2D eigenvalue weighted by Gasteiger charge is -2.40. The van der Waals surface area contributed by atoms with Crippen molar-refractivity contribution in [3.05, 3.63) is 35.9 Å². The maximum absolute atomic E-state index is 12.3. The Bertz CT molecular complexity index is 505. The Morgan fingerprint density at radius 3 is 2.50 bits per heavy atom. The van der Waals surface area contributed by atoms with E-state index in [-0.39, 0.29) is 24.0 Å². The molecule has 2 N–H and O–H groups in total. The van der Waals surface area contributed by atoms with Gasteiger partial charge in [0.2, 0.25) is 5.91 Å². The van der Waals surface area contributed by atoms with E-state index in [1.165, 1.54) is 0 Å². The Morgan fingerprint density at radius 1 is 1.32 bits per heavy atom. The number of carboxylic acids is 1. The molecule has 1 unspecified atom stereocenters. The van der Waals surface area contributed by atoms with Crippen LogP contribution in [0.5, 0.6) is 0 Å². The molecule has 5 nitrogen and oxygen atoms in total. The number of hydrogen-bond acceptors (Lipinski definition) is 3. The van der Waals surface area contributed by atoms with Crippen LogP contribution in [0.1, 0.15) is 50.1 Å². The van der Waals surface area contributed by atoms with Crippen LogP contribution in [0.3, 0.4) is 0 Å². The predicted molar refractivity (Wildman–Crippen MR) is 82.4 cm³/mol. The fourth-order valence-electron chi connectivity index (χ4n) is 2.84. The molecule has 1 aromatic rings. The van der Waals surface area contributed by atoms with Crippen LogP contribution in [-0.4, -0.2) is 29.7 Å². The number of carbonyl (C=O) groups is 2. The molecule has 120 valence electrons. The minimum absolute atomic E-state index is 0.0231. The molecular weight excluding hydrogens is 282 g/mol. The molecular formula is C17H23NO4. The largest absolute Gasteiger partial charge is 0.481 e. The van der Waals surface area contributed by atoms with Crippen molar-refractivity contribution >= 4 is 11.9 Å². The molecule has 0 heterocycles. The van der Waals surface area contributed by atoms with Crippen LogP contribution in [0.15, 0.2) is 30.3 Å². The van der Waals surface area contributed by atoms with Gasteiger partial charge < -0.3 is 15.2 Å². The molecule has 1 amide bonds. The average molecular weight is 305 g/mol. The first-order valence-electron chi connectivity index (χ1n) is 7.66. The van der Waals surface area contributed by atoms with Gasteiger partial charge in [-0.15, -0.1) is 0 Å². The van der Waals surface area contributed by atoms with Crippen LogP contribution >= 0.6 is 0 Å². The number of carbonyl (C=O) groups excluding carboxylic acids is 1. The molecule has 0 spiro atoms.